The highest BCUT2D eigenvalue weighted by Crippen LogP contribution is 2.11. The number of nitrogens with one attached hydrogen (secondary N) is 1. The van der Waals surface area contributed by atoms with Gasteiger partial charge in [-0.3, -0.25) is 4.79 Å². The summed E-state index contributed by atoms with van der Waals surface area (Å²) < 4.78 is 22.9. The van der Waals surface area contributed by atoms with Crippen molar-refractivity contribution >= 4 is 15.7 Å². The molecular weight excluding hydrogens is 264 g/mol. The Balaban J connectivity index is 2.88. The molecule has 106 valence electrons. The number of nitrogens with two attached hydrogens (primary N) is 1. The van der Waals surface area contributed by atoms with Crippen LogP contribution in [0.4, 0.5) is 0 Å². The van der Waals surface area contributed by atoms with Crippen molar-refractivity contribution in [3.05, 3.63) is 29.8 Å². The minimum absolute atomic E-state index is 0.0839. The zero-order chi connectivity index (χ0) is 14.5. The Morgan fingerprint density at radius 2 is 2.11 bits per heavy atom. The lowest BCUT2D eigenvalue weighted by atomic mass is 10.1. The van der Waals surface area contributed by atoms with Gasteiger partial charge in [-0.15, -0.1) is 0 Å². The van der Waals surface area contributed by atoms with Crippen LogP contribution in [0.15, 0.2) is 29.2 Å². The van der Waals surface area contributed by atoms with Gasteiger partial charge in [0.25, 0.3) is 5.91 Å². The maximum Gasteiger partial charge on any atom is 0.251 e. The van der Waals surface area contributed by atoms with Crippen molar-refractivity contribution in [3.63, 3.8) is 0 Å². The second-order valence-corrected chi connectivity index (χ2v) is 6.51. The first-order chi connectivity index (χ1) is 8.88. The average molecular weight is 284 g/mol. The van der Waals surface area contributed by atoms with Crippen LogP contribution in [0.2, 0.25) is 0 Å². The van der Waals surface area contributed by atoms with Crippen molar-refractivity contribution in [2.24, 2.45) is 5.73 Å². The van der Waals surface area contributed by atoms with E-state index in [2.05, 4.69) is 5.32 Å². The Morgan fingerprint density at radius 3 is 2.63 bits per heavy atom. The summed E-state index contributed by atoms with van der Waals surface area (Å²) in [6, 6.07) is 5.91. The SMILES string of the molecule is CCCC(CN)NC(=O)c1cccc(S(C)(=O)=O)c1. The minimum Gasteiger partial charge on any atom is -0.348 e. The molecule has 1 atom stereocenters. The molecule has 1 aromatic rings. The van der Waals surface area contributed by atoms with Crippen LogP contribution in [0, 0.1) is 0 Å². The van der Waals surface area contributed by atoms with E-state index in [1.807, 2.05) is 6.92 Å². The monoisotopic (exact) mass is 284 g/mol. The third kappa shape index (κ3) is 4.65. The van der Waals surface area contributed by atoms with Crippen LogP contribution in [0.5, 0.6) is 0 Å². The van der Waals surface area contributed by atoms with Crippen LogP contribution >= 0.6 is 0 Å². The molecule has 19 heavy (non-hydrogen) atoms. The molecule has 3 N–H and O–H groups in total. The van der Waals surface area contributed by atoms with E-state index in [-0.39, 0.29) is 16.8 Å². The van der Waals surface area contributed by atoms with Crippen LogP contribution in [0.1, 0.15) is 30.1 Å². The average Bonchev–Trinajstić information content (AvgIpc) is 2.37. The third-order valence-electron chi connectivity index (χ3n) is 2.78. The Morgan fingerprint density at radius 1 is 1.42 bits per heavy atom. The van der Waals surface area contributed by atoms with E-state index in [1.165, 1.54) is 12.1 Å². The zero-order valence-electron chi connectivity index (χ0n) is 11.2. The Labute approximate surface area is 114 Å². The minimum atomic E-state index is -3.31. The van der Waals surface area contributed by atoms with Crippen LogP contribution in [0.3, 0.4) is 0 Å². The molecule has 1 aromatic carbocycles. The number of carbonyl (C=O) groups excluding carboxylic acids is 1. The second kappa shape index (κ2) is 6.68. The summed E-state index contributed by atoms with van der Waals surface area (Å²) in [5.74, 6) is -0.297. The van der Waals surface area contributed by atoms with Crippen LogP contribution in [0.25, 0.3) is 0 Å². The molecule has 0 radical (unpaired) electrons. The summed E-state index contributed by atoms with van der Waals surface area (Å²) in [6.45, 7) is 2.38. The standard InChI is InChI=1S/C13H20N2O3S/c1-3-5-11(9-14)15-13(16)10-6-4-7-12(8-10)19(2,17)18/h4,6-8,11H,3,5,9,14H2,1-2H3,(H,15,16). The summed E-state index contributed by atoms with van der Waals surface area (Å²) in [5, 5.41) is 2.80. The fourth-order valence-electron chi connectivity index (χ4n) is 1.73. The van der Waals surface area contributed by atoms with Crippen molar-refractivity contribution in [3.8, 4) is 0 Å². The van der Waals surface area contributed by atoms with Crippen molar-refractivity contribution in [1.29, 1.82) is 0 Å². The first kappa shape index (κ1) is 15.7. The molecule has 6 heteroatoms. The number of benzene rings is 1. The molecule has 0 aliphatic heterocycles. The van der Waals surface area contributed by atoms with Gasteiger partial charge < -0.3 is 11.1 Å². The quantitative estimate of drug-likeness (QED) is 0.814. The number of carbonyl (C=O) groups is 1. The first-order valence-electron chi connectivity index (χ1n) is 6.19. The maximum atomic E-state index is 12.0. The highest BCUT2D eigenvalue weighted by molar-refractivity contribution is 7.90. The van der Waals surface area contributed by atoms with E-state index in [0.29, 0.717) is 12.1 Å². The van der Waals surface area contributed by atoms with E-state index >= 15 is 0 Å². The Kier molecular flexibility index (Phi) is 5.50. The molecule has 1 unspecified atom stereocenters. The molecule has 0 spiro atoms. The van der Waals surface area contributed by atoms with Gasteiger partial charge in [-0.1, -0.05) is 19.4 Å². The number of hydrogen-bond donors (Lipinski definition) is 2. The molecule has 0 heterocycles. The summed E-state index contributed by atoms with van der Waals surface area (Å²) in [4.78, 5) is 12.1. The Hall–Kier alpha value is -1.40. The number of sulfone groups is 1. The Bertz CT molecular complexity index is 541. The molecule has 1 rings (SSSR count). The summed E-state index contributed by atoms with van der Waals surface area (Å²) in [5.41, 5.74) is 5.90. The van der Waals surface area contributed by atoms with E-state index in [1.54, 1.807) is 12.1 Å². The summed E-state index contributed by atoms with van der Waals surface area (Å²) >= 11 is 0. The first-order valence-corrected chi connectivity index (χ1v) is 8.08. The lowest BCUT2D eigenvalue weighted by Crippen LogP contribution is -2.40. The molecule has 0 aromatic heterocycles. The van der Waals surface area contributed by atoms with Crippen molar-refractivity contribution in [2.45, 2.75) is 30.7 Å². The predicted octanol–water partition coefficient (Wildman–Crippen LogP) is 0.947. The number of hydrogen-bond acceptors (Lipinski definition) is 4. The van der Waals surface area contributed by atoms with Gasteiger partial charge in [0.15, 0.2) is 9.84 Å². The lowest BCUT2D eigenvalue weighted by Gasteiger charge is -2.16. The molecule has 0 aliphatic carbocycles. The smallest absolute Gasteiger partial charge is 0.251 e. The molecule has 1 amide bonds. The van der Waals surface area contributed by atoms with Gasteiger partial charge in [-0.25, -0.2) is 8.42 Å². The summed E-state index contributed by atoms with van der Waals surface area (Å²) in [6.07, 6.45) is 2.84. The normalized spacial score (nSPS) is 13.0. The van der Waals surface area contributed by atoms with Gasteiger partial charge in [0.05, 0.1) is 4.90 Å². The van der Waals surface area contributed by atoms with E-state index in [9.17, 15) is 13.2 Å². The van der Waals surface area contributed by atoms with Crippen LogP contribution < -0.4 is 11.1 Å². The molecule has 0 fully saturated rings. The molecule has 5 nitrogen and oxygen atoms in total. The van der Waals surface area contributed by atoms with Crippen LogP contribution in [-0.4, -0.2) is 33.2 Å². The zero-order valence-corrected chi connectivity index (χ0v) is 12.0. The molecular formula is C13H20N2O3S. The number of amides is 1. The third-order valence-corrected chi connectivity index (χ3v) is 3.89. The van der Waals surface area contributed by atoms with Gasteiger partial charge in [0.2, 0.25) is 0 Å². The molecule has 0 saturated carbocycles. The van der Waals surface area contributed by atoms with Crippen molar-refractivity contribution in [1.82, 2.24) is 5.32 Å². The van der Waals surface area contributed by atoms with Gasteiger partial charge in [0.1, 0.15) is 0 Å². The molecule has 0 saturated heterocycles. The van der Waals surface area contributed by atoms with Gasteiger partial charge in [-0.2, -0.15) is 0 Å². The fourth-order valence-corrected chi connectivity index (χ4v) is 2.40. The number of rotatable bonds is 6. The summed E-state index contributed by atoms with van der Waals surface area (Å²) in [7, 11) is -3.31. The van der Waals surface area contributed by atoms with Gasteiger partial charge in [0, 0.05) is 24.4 Å². The maximum absolute atomic E-state index is 12.0. The van der Waals surface area contributed by atoms with E-state index in [0.717, 1.165) is 19.1 Å². The van der Waals surface area contributed by atoms with Gasteiger partial charge >= 0.3 is 0 Å². The fraction of sp³-hybridized carbons (Fsp3) is 0.462. The highest BCUT2D eigenvalue weighted by Gasteiger charge is 2.14. The van der Waals surface area contributed by atoms with E-state index < -0.39 is 9.84 Å². The molecule has 0 aliphatic rings. The second-order valence-electron chi connectivity index (χ2n) is 4.49. The topological polar surface area (TPSA) is 89.3 Å². The highest BCUT2D eigenvalue weighted by atomic mass is 32.2. The van der Waals surface area contributed by atoms with Crippen molar-refractivity contribution < 1.29 is 13.2 Å². The van der Waals surface area contributed by atoms with E-state index in [4.69, 9.17) is 5.73 Å². The van der Waals surface area contributed by atoms with Crippen LogP contribution in [-0.2, 0) is 9.84 Å². The van der Waals surface area contributed by atoms with Gasteiger partial charge in [-0.05, 0) is 24.6 Å². The largest absolute Gasteiger partial charge is 0.348 e. The van der Waals surface area contributed by atoms with Crippen molar-refractivity contribution in [2.75, 3.05) is 12.8 Å². The predicted molar refractivity (Wildman–Crippen MR) is 74.8 cm³/mol. The molecule has 0 bridgehead atoms. The lowest BCUT2D eigenvalue weighted by molar-refractivity contribution is 0.0936.